The fourth-order valence-corrected chi connectivity index (χ4v) is 3.86. The molecule has 0 saturated heterocycles. The summed E-state index contributed by atoms with van der Waals surface area (Å²) in [5.41, 5.74) is 2.42. The van der Waals surface area contributed by atoms with Gasteiger partial charge in [-0.2, -0.15) is 0 Å². The van der Waals surface area contributed by atoms with Crippen molar-refractivity contribution in [2.75, 3.05) is 30.6 Å². The molecule has 12 heteroatoms. The molecule has 0 aliphatic heterocycles. The number of aromatic nitrogens is 4. The van der Waals surface area contributed by atoms with Crippen LogP contribution in [0.5, 0.6) is 0 Å². The SMILES string of the molecule is COC(=O)Nc1ccc(-c2cnc3cnc(C(=O)N(C)c4cccc(S(C)(=O)=O)c4)cn23)cn1. The van der Waals surface area contributed by atoms with Crippen LogP contribution in [0.4, 0.5) is 16.3 Å². The van der Waals surface area contributed by atoms with Crippen LogP contribution in [0.3, 0.4) is 0 Å². The Morgan fingerprint density at radius 1 is 1.06 bits per heavy atom. The Balaban J connectivity index is 1.65. The van der Waals surface area contributed by atoms with E-state index in [-0.39, 0.29) is 10.6 Å². The van der Waals surface area contributed by atoms with E-state index in [1.807, 2.05) is 0 Å². The minimum atomic E-state index is -3.42. The number of anilines is 2. The van der Waals surface area contributed by atoms with E-state index in [2.05, 4.69) is 25.0 Å². The molecule has 174 valence electrons. The zero-order valence-corrected chi connectivity index (χ0v) is 19.3. The van der Waals surface area contributed by atoms with E-state index in [4.69, 9.17) is 0 Å². The van der Waals surface area contributed by atoms with Crippen molar-refractivity contribution in [1.29, 1.82) is 0 Å². The lowest BCUT2D eigenvalue weighted by Gasteiger charge is -2.17. The first-order valence-corrected chi connectivity index (χ1v) is 11.8. The highest BCUT2D eigenvalue weighted by molar-refractivity contribution is 7.90. The predicted molar refractivity (Wildman–Crippen MR) is 125 cm³/mol. The first-order chi connectivity index (χ1) is 16.2. The van der Waals surface area contributed by atoms with Gasteiger partial charge in [-0.05, 0) is 30.3 Å². The van der Waals surface area contributed by atoms with Gasteiger partial charge in [0, 0.05) is 36.9 Å². The van der Waals surface area contributed by atoms with Gasteiger partial charge >= 0.3 is 6.09 Å². The number of rotatable bonds is 5. The highest BCUT2D eigenvalue weighted by Crippen LogP contribution is 2.23. The van der Waals surface area contributed by atoms with E-state index >= 15 is 0 Å². The van der Waals surface area contributed by atoms with Crippen LogP contribution < -0.4 is 10.2 Å². The molecule has 0 radical (unpaired) electrons. The first-order valence-electron chi connectivity index (χ1n) is 9.90. The number of hydrogen-bond acceptors (Lipinski definition) is 8. The summed E-state index contributed by atoms with van der Waals surface area (Å²) in [5, 5.41) is 2.47. The average Bonchev–Trinajstić information content (AvgIpc) is 3.26. The van der Waals surface area contributed by atoms with Gasteiger partial charge in [0.2, 0.25) is 0 Å². The molecule has 4 rings (SSSR count). The Bertz CT molecular complexity index is 1500. The minimum Gasteiger partial charge on any atom is -0.453 e. The number of nitrogens with one attached hydrogen (secondary N) is 1. The third-order valence-electron chi connectivity index (χ3n) is 5.03. The second-order valence-corrected chi connectivity index (χ2v) is 9.34. The van der Waals surface area contributed by atoms with Crippen LogP contribution in [-0.2, 0) is 14.6 Å². The number of carbonyl (C=O) groups excluding carboxylic acids is 2. The zero-order valence-electron chi connectivity index (χ0n) is 18.5. The number of sulfone groups is 1. The van der Waals surface area contributed by atoms with Crippen molar-refractivity contribution in [1.82, 2.24) is 19.4 Å². The van der Waals surface area contributed by atoms with E-state index < -0.39 is 21.8 Å². The Labute approximate surface area is 195 Å². The van der Waals surface area contributed by atoms with Crippen molar-refractivity contribution >= 4 is 39.0 Å². The van der Waals surface area contributed by atoms with Gasteiger partial charge in [0.25, 0.3) is 5.91 Å². The monoisotopic (exact) mass is 480 g/mol. The van der Waals surface area contributed by atoms with Crippen molar-refractivity contribution in [3.8, 4) is 11.3 Å². The van der Waals surface area contributed by atoms with Crippen molar-refractivity contribution in [3.63, 3.8) is 0 Å². The quantitative estimate of drug-likeness (QED) is 0.460. The number of methoxy groups -OCH3 is 1. The fourth-order valence-electron chi connectivity index (χ4n) is 3.20. The minimum absolute atomic E-state index is 0.114. The molecule has 0 atom stereocenters. The molecule has 0 bridgehead atoms. The second kappa shape index (κ2) is 8.90. The predicted octanol–water partition coefficient (Wildman–Crippen LogP) is 2.65. The molecule has 0 unspecified atom stereocenters. The summed E-state index contributed by atoms with van der Waals surface area (Å²) in [6, 6.07) is 9.48. The van der Waals surface area contributed by atoms with E-state index in [1.165, 1.54) is 30.3 Å². The summed E-state index contributed by atoms with van der Waals surface area (Å²) in [4.78, 5) is 38.6. The third kappa shape index (κ3) is 4.57. The Morgan fingerprint density at radius 2 is 1.85 bits per heavy atom. The molecular weight excluding hydrogens is 460 g/mol. The van der Waals surface area contributed by atoms with E-state index in [9.17, 15) is 18.0 Å². The molecule has 0 aliphatic rings. The standard InChI is InChI=1S/C22H20N6O5S/c1-27(15-5-4-6-16(9-15)34(3,31)32)21(29)17-13-28-18(11-25-20(28)12-23-17)14-7-8-19(24-10-14)26-22(30)33-2/h4-13H,1-3H3,(H,24,26,30). The molecule has 1 aromatic carbocycles. The average molecular weight is 481 g/mol. The molecule has 3 aromatic heterocycles. The Hall–Kier alpha value is -4.32. The molecule has 0 fully saturated rings. The highest BCUT2D eigenvalue weighted by atomic mass is 32.2. The van der Waals surface area contributed by atoms with Gasteiger partial charge in [-0.1, -0.05) is 6.07 Å². The van der Waals surface area contributed by atoms with Crippen LogP contribution in [0, 0.1) is 0 Å². The van der Waals surface area contributed by atoms with Crippen LogP contribution in [0.25, 0.3) is 16.9 Å². The molecule has 34 heavy (non-hydrogen) atoms. The van der Waals surface area contributed by atoms with Crippen LogP contribution in [0.1, 0.15) is 10.5 Å². The molecule has 0 spiro atoms. The number of amides is 2. The second-order valence-electron chi connectivity index (χ2n) is 7.33. The number of pyridine rings is 1. The van der Waals surface area contributed by atoms with Gasteiger partial charge in [0.15, 0.2) is 15.5 Å². The maximum atomic E-state index is 13.1. The third-order valence-corrected chi connectivity index (χ3v) is 6.14. The number of nitrogens with zero attached hydrogens (tertiary/aromatic N) is 5. The number of ether oxygens (including phenoxy) is 1. The summed E-state index contributed by atoms with van der Waals surface area (Å²) in [6.07, 6.45) is 6.68. The van der Waals surface area contributed by atoms with Crippen molar-refractivity contribution < 1.29 is 22.7 Å². The molecule has 0 saturated carbocycles. The summed E-state index contributed by atoms with van der Waals surface area (Å²) in [5.74, 6) is -0.108. The van der Waals surface area contributed by atoms with Gasteiger partial charge in [0.05, 0.1) is 30.1 Å². The lowest BCUT2D eigenvalue weighted by Crippen LogP contribution is -2.27. The smallest absolute Gasteiger partial charge is 0.412 e. The molecule has 0 aliphatic carbocycles. The van der Waals surface area contributed by atoms with Crippen molar-refractivity contribution in [3.05, 3.63) is 66.9 Å². The first kappa shape index (κ1) is 22.9. The molecular formula is C22H20N6O5S. The van der Waals surface area contributed by atoms with E-state index in [0.717, 1.165) is 6.26 Å². The van der Waals surface area contributed by atoms with Crippen LogP contribution in [0.15, 0.2) is 66.1 Å². The van der Waals surface area contributed by atoms with E-state index in [1.54, 1.807) is 54.3 Å². The van der Waals surface area contributed by atoms with Crippen LogP contribution >= 0.6 is 0 Å². The number of carbonyl (C=O) groups is 2. The van der Waals surface area contributed by atoms with Gasteiger partial charge < -0.3 is 9.64 Å². The summed E-state index contributed by atoms with van der Waals surface area (Å²) < 4.78 is 30.0. The zero-order chi connectivity index (χ0) is 24.5. The van der Waals surface area contributed by atoms with Crippen LogP contribution in [-0.4, -0.2) is 60.2 Å². The van der Waals surface area contributed by atoms with Gasteiger partial charge in [-0.25, -0.2) is 28.2 Å². The Morgan fingerprint density at radius 3 is 2.53 bits per heavy atom. The highest BCUT2D eigenvalue weighted by Gasteiger charge is 2.19. The molecule has 3 heterocycles. The maximum Gasteiger partial charge on any atom is 0.412 e. The van der Waals surface area contributed by atoms with Gasteiger partial charge in [-0.3, -0.25) is 14.5 Å². The molecule has 11 nitrogen and oxygen atoms in total. The van der Waals surface area contributed by atoms with Gasteiger partial charge in [0.1, 0.15) is 11.5 Å². The summed E-state index contributed by atoms with van der Waals surface area (Å²) >= 11 is 0. The van der Waals surface area contributed by atoms with E-state index in [0.29, 0.717) is 28.4 Å². The number of imidazole rings is 1. The lowest BCUT2D eigenvalue weighted by atomic mass is 10.2. The largest absolute Gasteiger partial charge is 0.453 e. The van der Waals surface area contributed by atoms with Crippen molar-refractivity contribution in [2.24, 2.45) is 0 Å². The normalized spacial score (nSPS) is 11.3. The number of fused-ring (bicyclic) bond motifs is 1. The fraction of sp³-hybridized carbons (Fsp3) is 0.136. The summed E-state index contributed by atoms with van der Waals surface area (Å²) in [6.45, 7) is 0. The Kier molecular flexibility index (Phi) is 5.99. The number of hydrogen-bond donors (Lipinski definition) is 1. The molecule has 2 amide bonds. The van der Waals surface area contributed by atoms with Gasteiger partial charge in [-0.15, -0.1) is 0 Å². The topological polar surface area (TPSA) is 136 Å². The molecule has 1 N–H and O–H groups in total. The molecule has 4 aromatic rings. The van der Waals surface area contributed by atoms with Crippen molar-refractivity contribution in [2.45, 2.75) is 4.90 Å². The summed E-state index contributed by atoms with van der Waals surface area (Å²) in [7, 11) is -0.618. The number of benzene rings is 1. The van der Waals surface area contributed by atoms with Crippen LogP contribution in [0.2, 0.25) is 0 Å². The maximum absolute atomic E-state index is 13.1. The lowest BCUT2D eigenvalue weighted by molar-refractivity contribution is 0.0987.